The van der Waals surface area contributed by atoms with Crippen molar-refractivity contribution >= 4 is 11.6 Å². The Morgan fingerprint density at radius 3 is 2.24 bits per heavy atom. The van der Waals surface area contributed by atoms with Gasteiger partial charge in [0.1, 0.15) is 0 Å². The topological polar surface area (TPSA) is 44.1 Å². The van der Waals surface area contributed by atoms with E-state index in [1.165, 1.54) is 0 Å². The van der Waals surface area contributed by atoms with Crippen molar-refractivity contribution in [3.05, 3.63) is 29.8 Å². The predicted molar refractivity (Wildman–Crippen MR) is 68.6 cm³/mol. The molecule has 3 heteroatoms. The molecule has 0 radical (unpaired) electrons. The van der Waals surface area contributed by atoms with E-state index in [0.717, 1.165) is 5.69 Å². The molecule has 1 aromatic carbocycles. The molecular weight excluding hydrogens is 212 g/mol. The second-order valence-corrected chi connectivity index (χ2v) is 5.35. The molecule has 0 fully saturated rings. The van der Waals surface area contributed by atoms with E-state index < -0.39 is 0 Å². The maximum atomic E-state index is 12.0. The summed E-state index contributed by atoms with van der Waals surface area (Å²) in [7, 11) is 1.76. The number of carbonyl (C=O) groups is 1. The molecule has 0 aliphatic rings. The van der Waals surface area contributed by atoms with Crippen LogP contribution in [0.1, 0.15) is 32.8 Å². The van der Waals surface area contributed by atoms with Gasteiger partial charge in [0.15, 0.2) is 0 Å². The van der Waals surface area contributed by atoms with Gasteiger partial charge in [-0.15, -0.1) is 0 Å². The lowest BCUT2D eigenvalue weighted by molar-refractivity contribution is -0.120. The third-order valence-electron chi connectivity index (χ3n) is 2.44. The van der Waals surface area contributed by atoms with Crippen LogP contribution in [0, 0.1) is 16.7 Å². The van der Waals surface area contributed by atoms with Gasteiger partial charge in [-0.3, -0.25) is 4.79 Å². The van der Waals surface area contributed by atoms with Gasteiger partial charge in [-0.05, 0) is 29.7 Å². The van der Waals surface area contributed by atoms with Gasteiger partial charge in [-0.2, -0.15) is 5.26 Å². The highest BCUT2D eigenvalue weighted by Gasteiger charge is 2.19. The summed E-state index contributed by atoms with van der Waals surface area (Å²) in [5, 5.41) is 8.70. The number of hydrogen-bond acceptors (Lipinski definition) is 2. The fourth-order valence-corrected chi connectivity index (χ4v) is 1.48. The van der Waals surface area contributed by atoms with E-state index in [0.29, 0.717) is 12.0 Å². The molecule has 0 atom stereocenters. The van der Waals surface area contributed by atoms with Crippen molar-refractivity contribution in [2.24, 2.45) is 5.41 Å². The van der Waals surface area contributed by atoms with E-state index >= 15 is 0 Å². The fourth-order valence-electron chi connectivity index (χ4n) is 1.48. The van der Waals surface area contributed by atoms with Crippen molar-refractivity contribution in [2.45, 2.75) is 27.2 Å². The van der Waals surface area contributed by atoms with Gasteiger partial charge in [-0.1, -0.05) is 20.8 Å². The molecule has 90 valence electrons. The number of carbonyl (C=O) groups excluding carboxylic acids is 1. The first kappa shape index (κ1) is 13.2. The minimum absolute atomic E-state index is 0.0159. The first-order valence-corrected chi connectivity index (χ1v) is 5.60. The Balaban J connectivity index is 2.79. The molecule has 1 aromatic rings. The summed E-state index contributed by atoms with van der Waals surface area (Å²) in [6.45, 7) is 6.12. The Morgan fingerprint density at radius 1 is 1.29 bits per heavy atom. The molecule has 1 rings (SSSR count). The Bertz CT molecular complexity index is 435. The zero-order valence-corrected chi connectivity index (χ0v) is 10.8. The van der Waals surface area contributed by atoms with Gasteiger partial charge in [0.2, 0.25) is 5.91 Å². The van der Waals surface area contributed by atoms with Gasteiger partial charge in [0, 0.05) is 19.2 Å². The molecule has 17 heavy (non-hydrogen) atoms. The van der Waals surface area contributed by atoms with E-state index in [-0.39, 0.29) is 11.3 Å². The molecule has 0 saturated heterocycles. The zero-order chi connectivity index (χ0) is 13.1. The summed E-state index contributed by atoms with van der Waals surface area (Å²) in [4.78, 5) is 13.6. The number of benzene rings is 1. The average Bonchev–Trinajstić information content (AvgIpc) is 2.26. The van der Waals surface area contributed by atoms with E-state index in [1.807, 2.05) is 20.8 Å². The third kappa shape index (κ3) is 3.92. The van der Waals surface area contributed by atoms with Crippen molar-refractivity contribution in [2.75, 3.05) is 11.9 Å². The van der Waals surface area contributed by atoms with Gasteiger partial charge in [-0.25, -0.2) is 0 Å². The van der Waals surface area contributed by atoms with Crippen LogP contribution in [0.15, 0.2) is 24.3 Å². The Morgan fingerprint density at radius 2 is 1.82 bits per heavy atom. The van der Waals surface area contributed by atoms with Gasteiger partial charge in [0.25, 0.3) is 0 Å². The fraction of sp³-hybridized carbons (Fsp3) is 0.429. The van der Waals surface area contributed by atoms with E-state index in [2.05, 4.69) is 6.07 Å². The lowest BCUT2D eigenvalue weighted by Gasteiger charge is -2.23. The summed E-state index contributed by atoms with van der Waals surface area (Å²) in [6, 6.07) is 9.08. The van der Waals surface area contributed by atoms with Crippen LogP contribution >= 0.6 is 0 Å². The van der Waals surface area contributed by atoms with Crippen LogP contribution in [-0.2, 0) is 4.79 Å². The number of hydrogen-bond donors (Lipinski definition) is 0. The summed E-state index contributed by atoms with van der Waals surface area (Å²) >= 11 is 0. The maximum absolute atomic E-state index is 12.0. The van der Waals surface area contributed by atoms with E-state index in [9.17, 15) is 4.79 Å². The first-order chi connectivity index (χ1) is 7.83. The molecule has 0 bridgehead atoms. The summed E-state index contributed by atoms with van der Waals surface area (Å²) in [5.41, 5.74) is 1.40. The molecule has 0 aromatic heterocycles. The maximum Gasteiger partial charge on any atom is 0.227 e. The van der Waals surface area contributed by atoms with E-state index in [4.69, 9.17) is 5.26 Å². The lowest BCUT2D eigenvalue weighted by atomic mass is 9.91. The highest BCUT2D eigenvalue weighted by atomic mass is 16.2. The molecule has 0 saturated carbocycles. The quantitative estimate of drug-likeness (QED) is 0.784. The van der Waals surface area contributed by atoms with Crippen LogP contribution in [0.5, 0.6) is 0 Å². The molecular formula is C14H18N2O. The van der Waals surface area contributed by atoms with Crippen LogP contribution in [0.3, 0.4) is 0 Å². The predicted octanol–water partition coefficient (Wildman–Crippen LogP) is 2.96. The largest absolute Gasteiger partial charge is 0.315 e. The number of anilines is 1. The molecule has 1 amide bonds. The highest BCUT2D eigenvalue weighted by Crippen LogP contribution is 2.22. The molecule has 0 aliphatic carbocycles. The standard InChI is InChI=1S/C14H18N2O/c1-14(2,3)9-13(17)16(4)12-7-5-11(10-15)6-8-12/h5-8H,9H2,1-4H3. The first-order valence-electron chi connectivity index (χ1n) is 5.60. The minimum Gasteiger partial charge on any atom is -0.315 e. The van der Waals surface area contributed by atoms with Crippen LogP contribution in [0.2, 0.25) is 0 Å². The molecule has 0 aliphatic heterocycles. The normalized spacial score (nSPS) is 10.8. The Hall–Kier alpha value is -1.82. The highest BCUT2D eigenvalue weighted by molar-refractivity contribution is 5.93. The van der Waals surface area contributed by atoms with Gasteiger partial charge < -0.3 is 4.90 Å². The second-order valence-electron chi connectivity index (χ2n) is 5.35. The SMILES string of the molecule is CN(C(=O)CC(C)(C)C)c1ccc(C#N)cc1. The number of amides is 1. The van der Waals surface area contributed by atoms with Crippen molar-refractivity contribution in [3.8, 4) is 6.07 Å². The Kier molecular flexibility index (Phi) is 3.90. The van der Waals surface area contributed by atoms with Crippen molar-refractivity contribution in [1.82, 2.24) is 0 Å². The van der Waals surface area contributed by atoms with Crippen LogP contribution in [0.25, 0.3) is 0 Å². The molecule has 3 nitrogen and oxygen atoms in total. The smallest absolute Gasteiger partial charge is 0.227 e. The third-order valence-corrected chi connectivity index (χ3v) is 2.44. The number of rotatable bonds is 2. The number of nitrogens with zero attached hydrogens (tertiary/aromatic N) is 2. The monoisotopic (exact) mass is 230 g/mol. The molecule has 0 heterocycles. The molecule has 0 spiro atoms. The van der Waals surface area contributed by atoms with Crippen LogP contribution in [-0.4, -0.2) is 13.0 Å². The van der Waals surface area contributed by atoms with Crippen LogP contribution in [0.4, 0.5) is 5.69 Å². The van der Waals surface area contributed by atoms with Gasteiger partial charge >= 0.3 is 0 Å². The Labute approximate surface area is 103 Å². The van der Waals surface area contributed by atoms with Crippen LogP contribution < -0.4 is 4.90 Å². The lowest BCUT2D eigenvalue weighted by Crippen LogP contribution is -2.29. The zero-order valence-electron chi connectivity index (χ0n) is 10.8. The number of nitriles is 1. The second kappa shape index (κ2) is 5.01. The van der Waals surface area contributed by atoms with Gasteiger partial charge in [0.05, 0.1) is 11.6 Å². The molecule has 0 N–H and O–H groups in total. The van der Waals surface area contributed by atoms with Crippen molar-refractivity contribution < 1.29 is 4.79 Å². The summed E-state index contributed by atoms with van der Waals surface area (Å²) < 4.78 is 0. The van der Waals surface area contributed by atoms with Crippen molar-refractivity contribution in [3.63, 3.8) is 0 Å². The summed E-state index contributed by atoms with van der Waals surface area (Å²) in [5.74, 6) is 0.0854. The average molecular weight is 230 g/mol. The minimum atomic E-state index is -0.0159. The summed E-state index contributed by atoms with van der Waals surface area (Å²) in [6.07, 6.45) is 0.503. The van der Waals surface area contributed by atoms with E-state index in [1.54, 1.807) is 36.2 Å². The molecule has 0 unspecified atom stereocenters. The van der Waals surface area contributed by atoms with Crippen molar-refractivity contribution in [1.29, 1.82) is 5.26 Å².